The number of Topliss-reactive ketones (excluding diaryl/α,β-unsaturated/α-hetero) is 1. The average molecular weight is 476 g/mol. The lowest BCUT2D eigenvalue weighted by atomic mass is 10.1. The summed E-state index contributed by atoms with van der Waals surface area (Å²) >= 11 is 1.52. The quantitative estimate of drug-likeness (QED) is 0.342. The van der Waals surface area contributed by atoms with Gasteiger partial charge in [0, 0.05) is 36.0 Å². The number of esters is 1. The van der Waals surface area contributed by atoms with Crippen LogP contribution < -0.4 is 0 Å². The molecule has 1 aliphatic rings. The van der Waals surface area contributed by atoms with Crippen molar-refractivity contribution in [1.29, 1.82) is 0 Å². The molecule has 11 heteroatoms. The van der Waals surface area contributed by atoms with Crippen LogP contribution in [0.2, 0.25) is 0 Å². The molecular weight excluding hydrogens is 454 g/mol. The van der Waals surface area contributed by atoms with E-state index in [1.807, 2.05) is 16.8 Å². The molecule has 0 saturated carbocycles. The largest absolute Gasteiger partial charge is 0.457 e. The Bertz CT molecular complexity index is 1180. The molecule has 0 aliphatic carbocycles. The molecule has 3 heterocycles. The topological polar surface area (TPSA) is 120 Å². The summed E-state index contributed by atoms with van der Waals surface area (Å²) in [6.45, 7) is 0.594. The van der Waals surface area contributed by atoms with Crippen molar-refractivity contribution in [2.75, 3.05) is 19.7 Å². The third kappa shape index (κ3) is 5.12. The molecule has 0 N–H and O–H groups in total. The molecule has 0 radical (unpaired) electrons. The van der Waals surface area contributed by atoms with Crippen molar-refractivity contribution in [3.8, 4) is 11.4 Å². The van der Waals surface area contributed by atoms with E-state index in [-0.39, 0.29) is 23.3 Å². The third-order valence-corrected chi connectivity index (χ3v) is 7.63. The first-order chi connectivity index (χ1) is 15.4. The number of nitrogens with zero attached hydrogens (tertiary/aromatic N) is 3. The SMILES string of the molecule is O=C(CCc1nc(-c2ccsc2)no1)OCC(=O)c1ccc(S(=O)(=O)N2CCCC2)cc1. The van der Waals surface area contributed by atoms with Gasteiger partial charge in [0.05, 0.1) is 11.3 Å². The molecule has 0 amide bonds. The summed E-state index contributed by atoms with van der Waals surface area (Å²) in [6, 6.07) is 7.55. The van der Waals surface area contributed by atoms with Crippen molar-refractivity contribution >= 4 is 33.1 Å². The van der Waals surface area contributed by atoms with Gasteiger partial charge in [-0.05, 0) is 48.6 Å². The number of carbonyl (C=O) groups excluding carboxylic acids is 2. The number of aromatic nitrogens is 2. The maximum atomic E-state index is 12.5. The Morgan fingerprint density at radius 2 is 1.88 bits per heavy atom. The monoisotopic (exact) mass is 475 g/mol. The molecule has 0 unspecified atom stereocenters. The summed E-state index contributed by atoms with van der Waals surface area (Å²) in [4.78, 5) is 28.6. The number of sulfonamides is 1. The lowest BCUT2D eigenvalue weighted by molar-refractivity contribution is -0.142. The number of ether oxygens (including phenoxy) is 1. The summed E-state index contributed by atoms with van der Waals surface area (Å²) in [5.74, 6) is -0.216. The molecule has 9 nitrogen and oxygen atoms in total. The second-order valence-corrected chi connectivity index (χ2v) is 9.96. The molecule has 0 bridgehead atoms. The number of aryl methyl sites for hydroxylation is 1. The van der Waals surface area contributed by atoms with Crippen LogP contribution >= 0.6 is 11.3 Å². The predicted molar refractivity (Wildman–Crippen MR) is 116 cm³/mol. The highest BCUT2D eigenvalue weighted by Gasteiger charge is 2.27. The van der Waals surface area contributed by atoms with Crippen LogP contribution in [0.5, 0.6) is 0 Å². The van der Waals surface area contributed by atoms with Crippen LogP contribution in [0.25, 0.3) is 11.4 Å². The van der Waals surface area contributed by atoms with E-state index in [4.69, 9.17) is 9.26 Å². The normalized spacial score (nSPS) is 14.5. The highest BCUT2D eigenvalue weighted by molar-refractivity contribution is 7.89. The average Bonchev–Trinajstić information content (AvgIpc) is 3.58. The van der Waals surface area contributed by atoms with E-state index in [2.05, 4.69) is 10.1 Å². The summed E-state index contributed by atoms with van der Waals surface area (Å²) in [5.41, 5.74) is 1.12. The zero-order valence-corrected chi connectivity index (χ0v) is 18.7. The first-order valence-electron chi connectivity index (χ1n) is 10.1. The van der Waals surface area contributed by atoms with Gasteiger partial charge in [0.1, 0.15) is 0 Å². The van der Waals surface area contributed by atoms with Gasteiger partial charge in [0.15, 0.2) is 12.4 Å². The Balaban J connectivity index is 1.25. The van der Waals surface area contributed by atoms with Crippen molar-refractivity contribution < 1.29 is 27.3 Å². The van der Waals surface area contributed by atoms with Crippen LogP contribution in [0, 0.1) is 0 Å². The number of benzene rings is 1. The standard InChI is InChI=1S/C21H21N3O6S2/c25-18(15-3-5-17(6-4-15)32(27,28)24-10-1-2-11-24)13-29-20(26)8-7-19-22-21(23-30-19)16-9-12-31-14-16/h3-6,9,12,14H,1-2,7-8,10-11,13H2. The minimum atomic E-state index is -3.54. The van der Waals surface area contributed by atoms with Crippen molar-refractivity contribution in [3.05, 3.63) is 52.5 Å². The minimum Gasteiger partial charge on any atom is -0.457 e. The third-order valence-electron chi connectivity index (χ3n) is 5.03. The maximum Gasteiger partial charge on any atom is 0.306 e. The van der Waals surface area contributed by atoms with Crippen molar-refractivity contribution in [2.45, 2.75) is 30.6 Å². The molecule has 2 aromatic heterocycles. The molecule has 3 aromatic rings. The summed E-state index contributed by atoms with van der Waals surface area (Å²) in [6.07, 6.45) is 1.89. The Labute approximate surface area is 189 Å². The zero-order chi connectivity index (χ0) is 22.6. The molecule has 1 fully saturated rings. The molecule has 1 saturated heterocycles. The Morgan fingerprint density at radius 1 is 1.12 bits per heavy atom. The van der Waals surface area contributed by atoms with Gasteiger partial charge in [-0.15, -0.1) is 0 Å². The van der Waals surface area contributed by atoms with Gasteiger partial charge in [-0.25, -0.2) is 8.42 Å². The Morgan fingerprint density at radius 3 is 2.56 bits per heavy atom. The fourth-order valence-electron chi connectivity index (χ4n) is 3.27. The number of ketones is 1. The fraction of sp³-hybridized carbons (Fsp3) is 0.333. The smallest absolute Gasteiger partial charge is 0.306 e. The number of thiophene rings is 1. The number of rotatable bonds is 9. The molecule has 1 aliphatic heterocycles. The number of hydrogen-bond donors (Lipinski definition) is 0. The second-order valence-electron chi connectivity index (χ2n) is 7.24. The van der Waals surface area contributed by atoms with Crippen LogP contribution in [0.1, 0.15) is 35.5 Å². The van der Waals surface area contributed by atoms with E-state index in [1.165, 1.54) is 39.9 Å². The van der Waals surface area contributed by atoms with E-state index in [0.29, 0.717) is 24.8 Å². The van der Waals surface area contributed by atoms with E-state index < -0.39 is 28.4 Å². The van der Waals surface area contributed by atoms with Crippen LogP contribution in [-0.4, -0.2) is 54.3 Å². The van der Waals surface area contributed by atoms with Gasteiger partial charge < -0.3 is 9.26 Å². The van der Waals surface area contributed by atoms with Gasteiger partial charge in [-0.3, -0.25) is 9.59 Å². The predicted octanol–water partition coefficient (Wildman–Crippen LogP) is 2.94. The summed E-state index contributed by atoms with van der Waals surface area (Å²) in [7, 11) is -3.54. The maximum absolute atomic E-state index is 12.5. The van der Waals surface area contributed by atoms with E-state index in [9.17, 15) is 18.0 Å². The van der Waals surface area contributed by atoms with E-state index >= 15 is 0 Å². The lowest BCUT2D eigenvalue weighted by Crippen LogP contribution is -2.27. The van der Waals surface area contributed by atoms with Crippen LogP contribution in [0.15, 0.2) is 50.5 Å². The molecule has 4 rings (SSSR count). The first kappa shape index (κ1) is 22.3. The molecule has 0 atom stereocenters. The van der Waals surface area contributed by atoms with E-state index in [0.717, 1.165) is 18.4 Å². The molecule has 0 spiro atoms. The highest BCUT2D eigenvalue weighted by atomic mass is 32.2. The minimum absolute atomic E-state index is 0.00837. The van der Waals surface area contributed by atoms with E-state index in [1.54, 1.807) is 0 Å². The van der Waals surface area contributed by atoms with Crippen LogP contribution in [0.4, 0.5) is 0 Å². The van der Waals surface area contributed by atoms with Crippen molar-refractivity contribution in [2.24, 2.45) is 0 Å². The highest BCUT2D eigenvalue weighted by Crippen LogP contribution is 2.21. The Kier molecular flexibility index (Phi) is 6.77. The number of hydrogen-bond acceptors (Lipinski definition) is 9. The summed E-state index contributed by atoms with van der Waals surface area (Å²) in [5, 5.41) is 7.66. The zero-order valence-electron chi connectivity index (χ0n) is 17.1. The molecular formula is C21H21N3O6S2. The number of carbonyl (C=O) groups is 2. The van der Waals surface area contributed by atoms with Gasteiger partial charge in [-0.1, -0.05) is 5.16 Å². The summed E-state index contributed by atoms with van der Waals surface area (Å²) < 4.78 is 36.7. The van der Waals surface area contributed by atoms with Gasteiger partial charge in [0.25, 0.3) is 0 Å². The lowest BCUT2D eigenvalue weighted by Gasteiger charge is -2.15. The first-order valence-corrected chi connectivity index (χ1v) is 12.5. The molecule has 32 heavy (non-hydrogen) atoms. The molecule has 1 aromatic carbocycles. The Hall–Kier alpha value is -2.89. The van der Waals surface area contributed by atoms with Crippen molar-refractivity contribution in [3.63, 3.8) is 0 Å². The van der Waals surface area contributed by atoms with Gasteiger partial charge >= 0.3 is 5.97 Å². The second kappa shape index (κ2) is 9.72. The fourth-order valence-corrected chi connectivity index (χ4v) is 5.42. The van der Waals surface area contributed by atoms with Crippen molar-refractivity contribution in [1.82, 2.24) is 14.4 Å². The van der Waals surface area contributed by atoms with Gasteiger partial charge in [-0.2, -0.15) is 20.6 Å². The van der Waals surface area contributed by atoms with Crippen LogP contribution in [0.3, 0.4) is 0 Å². The van der Waals surface area contributed by atoms with Gasteiger partial charge in [0.2, 0.25) is 21.7 Å². The molecule has 168 valence electrons. The van der Waals surface area contributed by atoms with Crippen LogP contribution in [-0.2, 0) is 26.0 Å².